The summed E-state index contributed by atoms with van der Waals surface area (Å²) in [7, 11) is 1.64. The number of methoxy groups -OCH3 is 1. The molecule has 0 spiro atoms. The van der Waals surface area contributed by atoms with Gasteiger partial charge in [-0.1, -0.05) is 17.7 Å². The van der Waals surface area contributed by atoms with Gasteiger partial charge in [0.05, 0.1) is 11.9 Å². The lowest BCUT2D eigenvalue weighted by molar-refractivity contribution is 0.0943. The first-order chi connectivity index (χ1) is 11.1. The van der Waals surface area contributed by atoms with Gasteiger partial charge in [0.25, 0.3) is 5.91 Å². The highest BCUT2D eigenvalue weighted by Gasteiger charge is 2.07. The van der Waals surface area contributed by atoms with Crippen LogP contribution in [-0.4, -0.2) is 31.2 Å². The Kier molecular flexibility index (Phi) is 6.38. The molecule has 0 unspecified atom stereocenters. The first kappa shape index (κ1) is 17.2. The first-order valence-corrected chi connectivity index (χ1v) is 7.74. The normalized spacial score (nSPS) is 10.4. The number of pyridine rings is 1. The van der Waals surface area contributed by atoms with Crippen LogP contribution in [0, 0.1) is 6.92 Å². The second-order valence-electron chi connectivity index (χ2n) is 5.12. The predicted molar refractivity (Wildman–Crippen MR) is 92.5 cm³/mol. The molecule has 0 aliphatic heterocycles. The lowest BCUT2D eigenvalue weighted by Crippen LogP contribution is -2.26. The molecule has 0 bridgehead atoms. The number of nitrogens with zero attached hydrogens (tertiary/aromatic N) is 1. The van der Waals surface area contributed by atoms with Crippen LogP contribution in [0.4, 0.5) is 11.4 Å². The smallest absolute Gasteiger partial charge is 0.269 e. The molecule has 1 aromatic carbocycles. The lowest BCUT2D eigenvalue weighted by atomic mass is 10.2. The summed E-state index contributed by atoms with van der Waals surface area (Å²) in [6.45, 7) is 3.18. The number of ether oxygens (including phenoxy) is 1. The van der Waals surface area contributed by atoms with Gasteiger partial charge >= 0.3 is 0 Å². The lowest BCUT2D eigenvalue weighted by Gasteiger charge is -2.10. The molecule has 0 fully saturated rings. The third-order valence-electron chi connectivity index (χ3n) is 3.29. The van der Waals surface area contributed by atoms with Gasteiger partial charge in [0.2, 0.25) is 0 Å². The molecule has 1 heterocycles. The highest BCUT2D eigenvalue weighted by atomic mass is 35.5. The summed E-state index contributed by atoms with van der Waals surface area (Å²) in [5.74, 6) is -0.188. The van der Waals surface area contributed by atoms with Gasteiger partial charge in [0.15, 0.2) is 0 Å². The average Bonchev–Trinajstić information content (AvgIpc) is 2.55. The highest BCUT2D eigenvalue weighted by molar-refractivity contribution is 6.30. The van der Waals surface area contributed by atoms with E-state index in [1.807, 2.05) is 31.2 Å². The Hall–Kier alpha value is -2.11. The predicted octanol–water partition coefficient (Wildman–Crippen LogP) is 3.55. The number of carbonyl (C=O) groups is 1. The zero-order valence-corrected chi connectivity index (χ0v) is 14.0. The third-order valence-corrected chi connectivity index (χ3v) is 3.52. The van der Waals surface area contributed by atoms with Gasteiger partial charge in [-0.2, -0.15) is 0 Å². The molecule has 0 atom stereocenters. The van der Waals surface area contributed by atoms with Crippen molar-refractivity contribution in [1.82, 2.24) is 10.3 Å². The van der Waals surface area contributed by atoms with Crippen LogP contribution in [-0.2, 0) is 4.74 Å². The molecule has 1 amide bonds. The van der Waals surface area contributed by atoms with E-state index in [0.29, 0.717) is 23.9 Å². The SMILES string of the molecule is COCCCNC(=O)c1ccc(Nc2cc(Cl)ccc2C)cn1. The Morgan fingerprint density at radius 3 is 2.83 bits per heavy atom. The quantitative estimate of drug-likeness (QED) is 0.760. The number of anilines is 2. The molecule has 2 rings (SSSR count). The van der Waals surface area contributed by atoms with E-state index in [9.17, 15) is 4.79 Å². The van der Waals surface area contributed by atoms with Gasteiger partial charge in [-0.05, 0) is 43.2 Å². The second-order valence-corrected chi connectivity index (χ2v) is 5.56. The molecule has 0 saturated heterocycles. The topological polar surface area (TPSA) is 63.2 Å². The fourth-order valence-corrected chi connectivity index (χ4v) is 2.17. The fraction of sp³-hybridized carbons (Fsp3) is 0.294. The molecule has 0 aliphatic rings. The Bertz CT molecular complexity index is 659. The minimum Gasteiger partial charge on any atom is -0.385 e. The minimum atomic E-state index is -0.188. The number of nitrogens with one attached hydrogen (secondary N) is 2. The molecule has 23 heavy (non-hydrogen) atoms. The van der Waals surface area contributed by atoms with E-state index in [1.54, 1.807) is 19.4 Å². The van der Waals surface area contributed by atoms with Gasteiger partial charge in [-0.25, -0.2) is 4.98 Å². The summed E-state index contributed by atoms with van der Waals surface area (Å²) in [5, 5.41) is 6.71. The summed E-state index contributed by atoms with van der Waals surface area (Å²) in [6, 6.07) is 9.15. The van der Waals surface area contributed by atoms with Crippen LogP contribution in [0.1, 0.15) is 22.5 Å². The van der Waals surface area contributed by atoms with Crippen LogP contribution in [0.15, 0.2) is 36.5 Å². The van der Waals surface area contributed by atoms with E-state index in [1.165, 1.54) is 0 Å². The van der Waals surface area contributed by atoms with Crippen molar-refractivity contribution in [3.8, 4) is 0 Å². The van der Waals surface area contributed by atoms with Gasteiger partial charge in [0.1, 0.15) is 5.69 Å². The maximum Gasteiger partial charge on any atom is 0.269 e. The number of aromatic nitrogens is 1. The van der Waals surface area contributed by atoms with E-state index in [0.717, 1.165) is 23.4 Å². The van der Waals surface area contributed by atoms with Crippen molar-refractivity contribution in [2.45, 2.75) is 13.3 Å². The Morgan fingerprint density at radius 2 is 2.13 bits per heavy atom. The first-order valence-electron chi connectivity index (χ1n) is 7.36. The molecule has 5 nitrogen and oxygen atoms in total. The largest absolute Gasteiger partial charge is 0.385 e. The minimum absolute atomic E-state index is 0.188. The maximum absolute atomic E-state index is 11.9. The molecule has 122 valence electrons. The summed E-state index contributed by atoms with van der Waals surface area (Å²) >= 11 is 6.00. The van der Waals surface area contributed by atoms with E-state index >= 15 is 0 Å². The average molecular weight is 334 g/mol. The maximum atomic E-state index is 11.9. The number of halogens is 1. The number of amides is 1. The van der Waals surface area contributed by atoms with Crippen molar-refractivity contribution in [3.63, 3.8) is 0 Å². The molecule has 1 aromatic heterocycles. The molecule has 2 N–H and O–H groups in total. The number of aryl methyl sites for hydroxylation is 1. The number of carbonyl (C=O) groups excluding carboxylic acids is 1. The van der Waals surface area contributed by atoms with Crippen LogP contribution < -0.4 is 10.6 Å². The van der Waals surface area contributed by atoms with Crippen LogP contribution in [0.25, 0.3) is 0 Å². The molecular weight excluding hydrogens is 314 g/mol. The van der Waals surface area contributed by atoms with Crippen molar-refractivity contribution < 1.29 is 9.53 Å². The fourth-order valence-electron chi connectivity index (χ4n) is 2.00. The van der Waals surface area contributed by atoms with Crippen LogP contribution in [0.5, 0.6) is 0 Å². The van der Waals surface area contributed by atoms with E-state index in [4.69, 9.17) is 16.3 Å². The number of hydrogen-bond acceptors (Lipinski definition) is 4. The van der Waals surface area contributed by atoms with E-state index < -0.39 is 0 Å². The van der Waals surface area contributed by atoms with Gasteiger partial charge < -0.3 is 15.4 Å². The Labute approximate surface area is 141 Å². The molecule has 0 aliphatic carbocycles. The number of hydrogen-bond donors (Lipinski definition) is 2. The van der Waals surface area contributed by atoms with Crippen molar-refractivity contribution in [2.75, 3.05) is 25.6 Å². The molecular formula is C17H20ClN3O2. The second kappa shape index (κ2) is 8.50. The number of benzene rings is 1. The Morgan fingerprint density at radius 1 is 1.30 bits per heavy atom. The molecule has 6 heteroatoms. The van der Waals surface area contributed by atoms with Gasteiger partial charge in [0, 0.05) is 31.0 Å². The summed E-state index contributed by atoms with van der Waals surface area (Å²) in [6.07, 6.45) is 2.40. The van der Waals surface area contributed by atoms with Crippen LogP contribution in [0.3, 0.4) is 0 Å². The number of rotatable bonds is 7. The van der Waals surface area contributed by atoms with E-state index in [2.05, 4.69) is 15.6 Å². The van der Waals surface area contributed by atoms with Crippen molar-refractivity contribution in [2.24, 2.45) is 0 Å². The highest BCUT2D eigenvalue weighted by Crippen LogP contribution is 2.23. The van der Waals surface area contributed by atoms with Crippen LogP contribution in [0.2, 0.25) is 5.02 Å². The van der Waals surface area contributed by atoms with E-state index in [-0.39, 0.29) is 5.91 Å². The van der Waals surface area contributed by atoms with Gasteiger partial charge in [-0.3, -0.25) is 4.79 Å². The summed E-state index contributed by atoms with van der Waals surface area (Å²) in [5.41, 5.74) is 3.17. The summed E-state index contributed by atoms with van der Waals surface area (Å²) < 4.78 is 4.94. The molecule has 0 saturated carbocycles. The molecule has 2 aromatic rings. The van der Waals surface area contributed by atoms with Crippen molar-refractivity contribution in [3.05, 3.63) is 52.8 Å². The standard InChI is InChI=1S/C17H20ClN3O2/c1-12-4-5-13(18)10-16(12)21-14-6-7-15(20-11-14)17(22)19-8-3-9-23-2/h4-7,10-11,21H,3,8-9H2,1-2H3,(H,19,22). The summed E-state index contributed by atoms with van der Waals surface area (Å²) in [4.78, 5) is 16.1. The van der Waals surface area contributed by atoms with Crippen molar-refractivity contribution in [1.29, 1.82) is 0 Å². The van der Waals surface area contributed by atoms with Gasteiger partial charge in [-0.15, -0.1) is 0 Å². The van der Waals surface area contributed by atoms with Crippen molar-refractivity contribution >= 4 is 28.9 Å². The molecule has 0 radical (unpaired) electrons. The zero-order chi connectivity index (χ0) is 16.7. The Balaban J connectivity index is 1.96. The third kappa shape index (κ3) is 5.23. The monoisotopic (exact) mass is 333 g/mol. The van der Waals surface area contributed by atoms with Crippen LogP contribution >= 0.6 is 11.6 Å². The zero-order valence-electron chi connectivity index (χ0n) is 13.2.